The Morgan fingerprint density at radius 2 is 1.59 bits per heavy atom. The fraction of sp³-hybridized carbons (Fsp3) is 0.258. The average molecular weight is 530 g/mol. The largest absolute Gasteiger partial charge is 0.507 e. The summed E-state index contributed by atoms with van der Waals surface area (Å²) in [6.45, 7) is 4.72. The molecule has 1 unspecified atom stereocenters. The Labute approximate surface area is 227 Å². The van der Waals surface area contributed by atoms with Crippen LogP contribution in [0, 0.1) is 5.92 Å². The standard InChI is InChI=1S/C31H31NO7/c1-19(2)18-39-24-14-12-21(13-15-24)28(33)26-27(23-6-5-7-25(16-23)37-3)32(30(35)29(26)34)17-20-8-10-22(11-9-20)31(36)38-4/h5-16,19,27,33H,17-18H2,1-4H3/b28-26+. The van der Waals surface area contributed by atoms with Crippen molar-refractivity contribution in [2.24, 2.45) is 5.92 Å². The van der Waals surface area contributed by atoms with Crippen LogP contribution in [0.2, 0.25) is 0 Å². The number of nitrogens with zero attached hydrogens (tertiary/aromatic N) is 1. The van der Waals surface area contributed by atoms with Gasteiger partial charge < -0.3 is 24.2 Å². The first-order valence-corrected chi connectivity index (χ1v) is 12.6. The molecule has 1 aliphatic rings. The molecule has 202 valence electrons. The van der Waals surface area contributed by atoms with E-state index < -0.39 is 23.7 Å². The maximum Gasteiger partial charge on any atom is 0.337 e. The number of methoxy groups -OCH3 is 2. The van der Waals surface area contributed by atoms with Crippen LogP contribution in [-0.2, 0) is 20.9 Å². The first kappa shape index (κ1) is 27.4. The number of hydrogen-bond acceptors (Lipinski definition) is 7. The van der Waals surface area contributed by atoms with Crippen molar-refractivity contribution < 1.29 is 33.7 Å². The fourth-order valence-corrected chi connectivity index (χ4v) is 4.39. The molecule has 8 nitrogen and oxygen atoms in total. The molecule has 1 aliphatic heterocycles. The molecule has 0 aromatic heterocycles. The van der Waals surface area contributed by atoms with Crippen molar-refractivity contribution in [3.8, 4) is 11.5 Å². The lowest BCUT2D eigenvalue weighted by Gasteiger charge is -2.26. The quantitative estimate of drug-likeness (QED) is 0.177. The van der Waals surface area contributed by atoms with E-state index in [1.807, 2.05) is 13.8 Å². The van der Waals surface area contributed by atoms with Gasteiger partial charge in [-0.1, -0.05) is 38.1 Å². The number of ketones is 1. The number of benzene rings is 3. The van der Waals surface area contributed by atoms with Crippen LogP contribution in [0.3, 0.4) is 0 Å². The summed E-state index contributed by atoms with van der Waals surface area (Å²) >= 11 is 0. The minimum Gasteiger partial charge on any atom is -0.507 e. The van der Waals surface area contributed by atoms with E-state index in [0.717, 1.165) is 0 Å². The van der Waals surface area contributed by atoms with Crippen molar-refractivity contribution in [1.29, 1.82) is 0 Å². The van der Waals surface area contributed by atoms with Crippen LogP contribution >= 0.6 is 0 Å². The van der Waals surface area contributed by atoms with Gasteiger partial charge in [0.05, 0.1) is 38.0 Å². The molecule has 39 heavy (non-hydrogen) atoms. The molecule has 0 aliphatic carbocycles. The Bertz CT molecular complexity index is 1390. The molecular weight excluding hydrogens is 498 g/mol. The first-order valence-electron chi connectivity index (χ1n) is 12.6. The first-order chi connectivity index (χ1) is 18.7. The Hall–Kier alpha value is -4.59. The summed E-state index contributed by atoms with van der Waals surface area (Å²) in [7, 11) is 2.83. The molecule has 1 saturated heterocycles. The Balaban J connectivity index is 1.75. The highest BCUT2D eigenvalue weighted by molar-refractivity contribution is 6.46. The van der Waals surface area contributed by atoms with E-state index in [0.29, 0.717) is 46.3 Å². The third kappa shape index (κ3) is 5.95. The molecule has 1 N–H and O–H groups in total. The SMILES string of the molecule is COC(=O)c1ccc(CN2C(=O)C(=O)/C(=C(/O)c3ccc(OCC(C)C)cc3)C2c2cccc(OC)c2)cc1. The number of carbonyl (C=O) groups excluding carboxylic acids is 3. The van der Waals surface area contributed by atoms with Crippen LogP contribution in [0.5, 0.6) is 11.5 Å². The number of hydrogen-bond donors (Lipinski definition) is 1. The molecular formula is C31H31NO7. The predicted molar refractivity (Wildman–Crippen MR) is 145 cm³/mol. The van der Waals surface area contributed by atoms with Crippen LogP contribution < -0.4 is 9.47 Å². The topological polar surface area (TPSA) is 102 Å². The molecule has 4 rings (SSSR count). The number of carbonyl (C=O) groups is 3. The Morgan fingerprint density at radius 3 is 2.21 bits per heavy atom. The number of Topliss-reactive ketones (excluding diaryl/α,β-unsaturated/α-hetero) is 1. The average Bonchev–Trinajstić information content (AvgIpc) is 3.20. The van der Waals surface area contributed by atoms with E-state index in [1.165, 1.54) is 19.1 Å². The van der Waals surface area contributed by atoms with Gasteiger partial charge in [0.2, 0.25) is 0 Å². The van der Waals surface area contributed by atoms with Crippen LogP contribution in [0.4, 0.5) is 0 Å². The minimum atomic E-state index is -0.864. The van der Waals surface area contributed by atoms with Crippen LogP contribution in [0.1, 0.15) is 46.9 Å². The summed E-state index contributed by atoms with van der Waals surface area (Å²) in [5, 5.41) is 11.3. The zero-order chi connectivity index (χ0) is 28.1. The van der Waals surface area contributed by atoms with Crippen molar-refractivity contribution in [3.63, 3.8) is 0 Å². The number of aliphatic hydroxyl groups excluding tert-OH is 1. The summed E-state index contributed by atoms with van der Waals surface area (Å²) in [6.07, 6.45) is 0. The van der Waals surface area contributed by atoms with Crippen molar-refractivity contribution in [2.45, 2.75) is 26.4 Å². The van der Waals surface area contributed by atoms with Gasteiger partial charge in [0.25, 0.3) is 11.7 Å². The van der Waals surface area contributed by atoms with Gasteiger partial charge in [0.1, 0.15) is 17.3 Å². The van der Waals surface area contributed by atoms with E-state index in [9.17, 15) is 19.5 Å². The van der Waals surface area contributed by atoms with Crippen molar-refractivity contribution in [1.82, 2.24) is 4.90 Å². The van der Waals surface area contributed by atoms with Gasteiger partial charge >= 0.3 is 5.97 Å². The zero-order valence-corrected chi connectivity index (χ0v) is 22.3. The van der Waals surface area contributed by atoms with Gasteiger partial charge in [-0.05, 0) is 65.6 Å². The summed E-state index contributed by atoms with van der Waals surface area (Å²) in [4.78, 5) is 39.9. The Morgan fingerprint density at radius 1 is 0.923 bits per heavy atom. The van der Waals surface area contributed by atoms with Gasteiger partial charge in [0.15, 0.2) is 0 Å². The fourth-order valence-electron chi connectivity index (χ4n) is 4.39. The van der Waals surface area contributed by atoms with Crippen molar-refractivity contribution in [2.75, 3.05) is 20.8 Å². The summed E-state index contributed by atoms with van der Waals surface area (Å²) < 4.78 is 15.9. The van der Waals surface area contributed by atoms with E-state index in [1.54, 1.807) is 72.8 Å². The molecule has 1 atom stereocenters. The lowest BCUT2D eigenvalue weighted by Crippen LogP contribution is -2.29. The van der Waals surface area contributed by atoms with E-state index in [-0.39, 0.29) is 17.9 Å². The molecule has 3 aromatic carbocycles. The smallest absolute Gasteiger partial charge is 0.337 e. The highest BCUT2D eigenvalue weighted by Gasteiger charge is 2.46. The van der Waals surface area contributed by atoms with Gasteiger partial charge in [-0.2, -0.15) is 0 Å². The van der Waals surface area contributed by atoms with Crippen LogP contribution in [0.25, 0.3) is 5.76 Å². The molecule has 3 aromatic rings. The highest BCUT2D eigenvalue weighted by Crippen LogP contribution is 2.41. The number of ether oxygens (including phenoxy) is 3. The molecule has 0 bridgehead atoms. The molecule has 1 amide bonds. The van der Waals surface area contributed by atoms with Crippen molar-refractivity contribution in [3.05, 3.63) is 101 Å². The van der Waals surface area contributed by atoms with Crippen LogP contribution in [0.15, 0.2) is 78.4 Å². The maximum absolute atomic E-state index is 13.4. The highest BCUT2D eigenvalue weighted by atomic mass is 16.5. The predicted octanol–water partition coefficient (Wildman–Crippen LogP) is 5.14. The van der Waals surface area contributed by atoms with Gasteiger partial charge in [-0.15, -0.1) is 0 Å². The number of aliphatic hydroxyl groups is 1. The number of esters is 1. The minimum absolute atomic E-state index is 0.0183. The summed E-state index contributed by atoms with van der Waals surface area (Å²) in [5.74, 6) is -0.731. The van der Waals surface area contributed by atoms with Crippen LogP contribution in [-0.4, -0.2) is 48.5 Å². The molecule has 1 heterocycles. The molecule has 0 spiro atoms. The summed E-state index contributed by atoms with van der Waals surface area (Å²) in [6, 6.07) is 19.5. The van der Waals surface area contributed by atoms with Gasteiger partial charge in [-0.25, -0.2) is 4.79 Å². The normalized spacial score (nSPS) is 16.4. The van der Waals surface area contributed by atoms with Gasteiger partial charge in [-0.3, -0.25) is 9.59 Å². The number of rotatable bonds is 9. The molecule has 1 fully saturated rings. The Kier molecular flexibility index (Phi) is 8.34. The summed E-state index contributed by atoms with van der Waals surface area (Å²) in [5.41, 5.74) is 2.05. The second kappa shape index (κ2) is 11.9. The number of likely N-dealkylation sites (tertiary alicyclic amines) is 1. The second-order valence-electron chi connectivity index (χ2n) is 9.62. The number of amides is 1. The zero-order valence-electron chi connectivity index (χ0n) is 22.3. The maximum atomic E-state index is 13.4. The van der Waals surface area contributed by atoms with E-state index in [2.05, 4.69) is 0 Å². The molecule has 0 saturated carbocycles. The van der Waals surface area contributed by atoms with E-state index in [4.69, 9.17) is 14.2 Å². The lowest BCUT2D eigenvalue weighted by atomic mass is 9.95. The lowest BCUT2D eigenvalue weighted by molar-refractivity contribution is -0.140. The monoisotopic (exact) mass is 529 g/mol. The third-order valence-corrected chi connectivity index (χ3v) is 6.39. The van der Waals surface area contributed by atoms with E-state index >= 15 is 0 Å². The molecule has 8 heteroatoms. The van der Waals surface area contributed by atoms with Gasteiger partial charge in [0, 0.05) is 12.1 Å². The third-order valence-electron chi connectivity index (χ3n) is 6.39. The molecule has 0 radical (unpaired) electrons. The van der Waals surface area contributed by atoms with Crippen molar-refractivity contribution >= 4 is 23.4 Å². The second-order valence-corrected chi connectivity index (χ2v) is 9.62.